The quantitative estimate of drug-likeness (QED) is 0.794. The normalized spacial score (nSPS) is 10.9. The topological polar surface area (TPSA) is 12.5 Å². The minimum absolute atomic E-state index is 0.258. The average Bonchev–Trinajstić information content (AvgIpc) is 2.49. The van der Waals surface area contributed by atoms with E-state index in [9.17, 15) is 4.39 Å². The minimum atomic E-state index is -0.258. The number of hydrogen-bond donors (Lipinski definition) is 0. The molecule has 0 unspecified atom stereocenters. The van der Waals surface area contributed by atoms with E-state index in [1.165, 1.54) is 6.07 Å². The van der Waals surface area contributed by atoms with E-state index in [-0.39, 0.29) is 5.82 Å². The van der Waals surface area contributed by atoms with Crippen molar-refractivity contribution in [2.45, 2.75) is 13.0 Å². The molecular formula is C17H19ClFNO. The molecule has 0 aliphatic heterocycles. The molecule has 0 atom stereocenters. The lowest BCUT2D eigenvalue weighted by atomic mass is 10.1. The zero-order valence-electron chi connectivity index (χ0n) is 12.3. The number of hydrogen-bond acceptors (Lipinski definition) is 2. The fraction of sp³-hybridized carbons (Fsp3) is 0.294. The smallest absolute Gasteiger partial charge is 0.129 e. The van der Waals surface area contributed by atoms with Crippen LogP contribution in [0.2, 0.25) is 5.02 Å². The lowest BCUT2D eigenvalue weighted by Crippen LogP contribution is -2.21. The fourth-order valence-corrected chi connectivity index (χ4v) is 2.48. The van der Waals surface area contributed by atoms with E-state index < -0.39 is 0 Å². The Hall–Kier alpha value is -1.58. The highest BCUT2D eigenvalue weighted by Crippen LogP contribution is 2.21. The second-order valence-corrected chi connectivity index (χ2v) is 5.41. The highest BCUT2D eigenvalue weighted by atomic mass is 35.5. The maximum absolute atomic E-state index is 13.8. The number of rotatable bonds is 6. The van der Waals surface area contributed by atoms with Gasteiger partial charge in [0.05, 0.1) is 7.11 Å². The fourth-order valence-electron chi connectivity index (χ4n) is 2.25. The van der Waals surface area contributed by atoms with Crippen molar-refractivity contribution in [3.8, 4) is 5.75 Å². The number of likely N-dealkylation sites (N-methyl/N-ethyl adjacent to an activating group) is 1. The third-order valence-electron chi connectivity index (χ3n) is 3.45. The van der Waals surface area contributed by atoms with Gasteiger partial charge in [-0.05, 0) is 37.2 Å². The summed E-state index contributed by atoms with van der Waals surface area (Å²) in [7, 11) is 3.62. The van der Waals surface area contributed by atoms with Crippen molar-refractivity contribution in [1.29, 1.82) is 0 Å². The van der Waals surface area contributed by atoms with Gasteiger partial charge in [-0.3, -0.25) is 0 Å². The second-order valence-electron chi connectivity index (χ2n) is 5.00. The summed E-state index contributed by atoms with van der Waals surface area (Å²) in [5.41, 5.74) is 1.69. The molecule has 4 heteroatoms. The third kappa shape index (κ3) is 4.19. The molecule has 0 saturated carbocycles. The molecular weight excluding hydrogens is 289 g/mol. The van der Waals surface area contributed by atoms with Crippen LogP contribution in [-0.2, 0) is 13.0 Å². The standard InChI is InChI=1S/C17H19ClFNO/c1-20(12-14-15(18)7-5-8-16(14)19)11-10-13-6-3-4-9-17(13)21-2/h3-9H,10-12H2,1-2H3. The molecule has 21 heavy (non-hydrogen) atoms. The number of nitrogens with zero attached hydrogens (tertiary/aromatic N) is 1. The Morgan fingerprint density at radius 3 is 2.62 bits per heavy atom. The summed E-state index contributed by atoms with van der Waals surface area (Å²) in [4.78, 5) is 2.05. The molecule has 0 radical (unpaired) electrons. The zero-order valence-corrected chi connectivity index (χ0v) is 13.0. The maximum atomic E-state index is 13.8. The van der Waals surface area contributed by atoms with Crippen LogP contribution < -0.4 is 4.74 Å². The predicted molar refractivity (Wildman–Crippen MR) is 84.4 cm³/mol. The first-order valence-electron chi connectivity index (χ1n) is 6.85. The molecule has 0 N–H and O–H groups in total. The molecule has 0 saturated heterocycles. The minimum Gasteiger partial charge on any atom is -0.496 e. The molecule has 0 spiro atoms. The van der Waals surface area contributed by atoms with E-state index >= 15 is 0 Å². The molecule has 0 aliphatic carbocycles. The highest BCUT2D eigenvalue weighted by Gasteiger charge is 2.10. The Labute approximate surface area is 130 Å². The van der Waals surface area contributed by atoms with Crippen LogP contribution in [-0.4, -0.2) is 25.6 Å². The third-order valence-corrected chi connectivity index (χ3v) is 3.80. The molecule has 0 aliphatic rings. The van der Waals surface area contributed by atoms with Crippen LogP contribution in [0.25, 0.3) is 0 Å². The van der Waals surface area contributed by atoms with Gasteiger partial charge in [0.2, 0.25) is 0 Å². The van der Waals surface area contributed by atoms with Gasteiger partial charge >= 0.3 is 0 Å². The van der Waals surface area contributed by atoms with Crippen molar-refractivity contribution in [1.82, 2.24) is 4.90 Å². The van der Waals surface area contributed by atoms with Gasteiger partial charge in [-0.25, -0.2) is 4.39 Å². The zero-order chi connectivity index (χ0) is 15.2. The van der Waals surface area contributed by atoms with Crippen molar-refractivity contribution < 1.29 is 9.13 Å². The monoisotopic (exact) mass is 307 g/mol. The molecule has 2 aromatic carbocycles. The molecule has 0 amide bonds. The molecule has 2 rings (SSSR count). The highest BCUT2D eigenvalue weighted by molar-refractivity contribution is 6.31. The molecule has 2 nitrogen and oxygen atoms in total. The Kier molecular flexibility index (Phi) is 5.59. The summed E-state index contributed by atoms with van der Waals surface area (Å²) < 4.78 is 19.1. The first-order chi connectivity index (χ1) is 10.1. The van der Waals surface area contributed by atoms with Gasteiger partial charge in [0.25, 0.3) is 0 Å². The summed E-state index contributed by atoms with van der Waals surface area (Å²) in [6, 6.07) is 12.7. The van der Waals surface area contributed by atoms with Crippen molar-refractivity contribution >= 4 is 11.6 Å². The summed E-state index contributed by atoms with van der Waals surface area (Å²) in [6.45, 7) is 1.28. The summed E-state index contributed by atoms with van der Waals surface area (Å²) in [5, 5.41) is 0.471. The molecule has 0 heterocycles. The number of para-hydroxylation sites is 1. The van der Waals surface area contributed by atoms with E-state index in [0.29, 0.717) is 17.1 Å². The Morgan fingerprint density at radius 1 is 1.14 bits per heavy atom. The van der Waals surface area contributed by atoms with Crippen LogP contribution in [0, 0.1) is 5.82 Å². The maximum Gasteiger partial charge on any atom is 0.129 e. The van der Waals surface area contributed by atoms with Gasteiger partial charge in [-0.2, -0.15) is 0 Å². The van der Waals surface area contributed by atoms with Gasteiger partial charge in [0.15, 0.2) is 0 Å². The molecule has 0 bridgehead atoms. The largest absolute Gasteiger partial charge is 0.496 e. The lowest BCUT2D eigenvalue weighted by Gasteiger charge is -2.18. The van der Waals surface area contributed by atoms with Crippen LogP contribution in [0.4, 0.5) is 4.39 Å². The number of ether oxygens (including phenoxy) is 1. The Morgan fingerprint density at radius 2 is 1.90 bits per heavy atom. The van der Waals surface area contributed by atoms with Crippen LogP contribution in [0.15, 0.2) is 42.5 Å². The molecule has 0 fully saturated rings. The Balaban J connectivity index is 1.98. The number of halogens is 2. The van der Waals surface area contributed by atoms with E-state index in [1.54, 1.807) is 19.2 Å². The first-order valence-corrected chi connectivity index (χ1v) is 7.23. The van der Waals surface area contributed by atoms with Crippen molar-refractivity contribution in [3.63, 3.8) is 0 Å². The van der Waals surface area contributed by atoms with Gasteiger partial charge in [-0.1, -0.05) is 35.9 Å². The van der Waals surface area contributed by atoms with Gasteiger partial charge < -0.3 is 9.64 Å². The van der Waals surface area contributed by atoms with Crippen molar-refractivity contribution in [2.75, 3.05) is 20.7 Å². The number of benzene rings is 2. The summed E-state index contributed by atoms with van der Waals surface area (Å²) in [6.07, 6.45) is 0.840. The SMILES string of the molecule is COc1ccccc1CCN(C)Cc1c(F)cccc1Cl. The van der Waals surface area contributed by atoms with E-state index in [2.05, 4.69) is 4.90 Å². The predicted octanol–water partition coefficient (Wildman–Crippen LogP) is 4.16. The summed E-state index contributed by atoms with van der Waals surface area (Å²) in [5.74, 6) is 0.626. The summed E-state index contributed by atoms with van der Waals surface area (Å²) >= 11 is 6.05. The van der Waals surface area contributed by atoms with Gasteiger partial charge in [0.1, 0.15) is 11.6 Å². The second kappa shape index (κ2) is 7.43. The van der Waals surface area contributed by atoms with Crippen LogP contribution in [0.1, 0.15) is 11.1 Å². The first kappa shape index (κ1) is 15.8. The molecule has 0 aromatic heterocycles. The van der Waals surface area contributed by atoms with Gasteiger partial charge in [0, 0.05) is 23.7 Å². The van der Waals surface area contributed by atoms with E-state index in [0.717, 1.165) is 24.3 Å². The van der Waals surface area contributed by atoms with E-state index in [1.807, 2.05) is 31.3 Å². The van der Waals surface area contributed by atoms with Crippen LogP contribution in [0.5, 0.6) is 5.75 Å². The number of methoxy groups -OCH3 is 1. The van der Waals surface area contributed by atoms with Crippen molar-refractivity contribution in [3.05, 3.63) is 64.4 Å². The average molecular weight is 308 g/mol. The lowest BCUT2D eigenvalue weighted by molar-refractivity contribution is 0.322. The Bertz CT molecular complexity index is 583. The molecule has 2 aromatic rings. The van der Waals surface area contributed by atoms with Crippen molar-refractivity contribution in [2.24, 2.45) is 0 Å². The van der Waals surface area contributed by atoms with Crippen LogP contribution >= 0.6 is 11.6 Å². The van der Waals surface area contributed by atoms with Gasteiger partial charge in [-0.15, -0.1) is 0 Å². The van der Waals surface area contributed by atoms with E-state index in [4.69, 9.17) is 16.3 Å². The van der Waals surface area contributed by atoms with Crippen LogP contribution in [0.3, 0.4) is 0 Å². The molecule has 112 valence electrons.